The van der Waals surface area contributed by atoms with Crippen molar-refractivity contribution < 1.29 is 9.47 Å². The molecule has 0 bridgehead atoms. The molecule has 0 spiro atoms. The summed E-state index contributed by atoms with van der Waals surface area (Å²) in [5.74, 6) is 1.31. The minimum absolute atomic E-state index is 0.0189. The molecule has 1 aromatic rings. The minimum Gasteiger partial charge on any atom is -0.492 e. The van der Waals surface area contributed by atoms with E-state index in [1.165, 1.54) is 12.6 Å². The molecule has 1 aromatic carbocycles. The highest BCUT2D eigenvalue weighted by Crippen LogP contribution is 2.32. The summed E-state index contributed by atoms with van der Waals surface area (Å²) in [4.78, 5) is 0. The molecule has 2 fully saturated rings. The van der Waals surface area contributed by atoms with Crippen LogP contribution in [0.3, 0.4) is 0 Å². The Hall–Kier alpha value is -1.11. The third kappa shape index (κ3) is 3.80. The van der Waals surface area contributed by atoms with Crippen LogP contribution >= 0.6 is 15.9 Å². The number of rotatable bonds is 6. The number of anilines is 1. The molecule has 5 nitrogen and oxygen atoms in total. The molecule has 22 heavy (non-hydrogen) atoms. The van der Waals surface area contributed by atoms with E-state index in [0.717, 1.165) is 54.0 Å². The van der Waals surface area contributed by atoms with Gasteiger partial charge in [-0.2, -0.15) is 0 Å². The zero-order valence-electron chi connectivity index (χ0n) is 12.5. The number of benzene rings is 1. The van der Waals surface area contributed by atoms with Gasteiger partial charge in [0.05, 0.1) is 12.2 Å². The molecule has 3 N–H and O–H groups in total. The quantitative estimate of drug-likeness (QED) is 0.676. The standard InChI is InChI=1S/C16H22BrN3O2/c17-12-5-14(20-16-3-1-2-4-21-16)13(7-18)15(6-12)22-10-11-8-19-9-11/h5-7,11,16,18-20H,1-4,8-10H2. The molecule has 120 valence electrons. The first-order valence-corrected chi connectivity index (χ1v) is 8.61. The first-order valence-electron chi connectivity index (χ1n) is 7.82. The van der Waals surface area contributed by atoms with Crippen LogP contribution in [0, 0.1) is 11.3 Å². The van der Waals surface area contributed by atoms with E-state index in [2.05, 4.69) is 26.6 Å². The summed E-state index contributed by atoms with van der Waals surface area (Å²) in [7, 11) is 0. The van der Waals surface area contributed by atoms with E-state index in [4.69, 9.17) is 14.9 Å². The average Bonchev–Trinajstić information content (AvgIpc) is 2.46. The summed E-state index contributed by atoms with van der Waals surface area (Å²) in [6.07, 6.45) is 4.66. The second-order valence-corrected chi connectivity index (χ2v) is 6.76. The van der Waals surface area contributed by atoms with Gasteiger partial charge in [-0.1, -0.05) is 15.9 Å². The van der Waals surface area contributed by atoms with Crippen molar-refractivity contribution in [2.45, 2.75) is 25.5 Å². The monoisotopic (exact) mass is 367 g/mol. The summed E-state index contributed by atoms with van der Waals surface area (Å²) in [5.41, 5.74) is 1.67. The van der Waals surface area contributed by atoms with Gasteiger partial charge in [0.1, 0.15) is 12.0 Å². The van der Waals surface area contributed by atoms with Crippen LogP contribution in [0.1, 0.15) is 24.8 Å². The van der Waals surface area contributed by atoms with Crippen molar-refractivity contribution in [1.82, 2.24) is 5.32 Å². The molecule has 0 aromatic heterocycles. The van der Waals surface area contributed by atoms with Gasteiger partial charge in [0.25, 0.3) is 0 Å². The molecule has 2 saturated heterocycles. The third-order valence-electron chi connectivity index (χ3n) is 4.09. The van der Waals surface area contributed by atoms with Gasteiger partial charge in [0.2, 0.25) is 0 Å². The van der Waals surface area contributed by atoms with Crippen LogP contribution in [0.5, 0.6) is 5.75 Å². The molecule has 3 rings (SSSR count). The van der Waals surface area contributed by atoms with Crippen LogP contribution in [-0.2, 0) is 4.74 Å². The van der Waals surface area contributed by atoms with Crippen LogP contribution in [-0.4, -0.2) is 38.7 Å². The van der Waals surface area contributed by atoms with Crippen LogP contribution in [0.15, 0.2) is 16.6 Å². The molecular weight excluding hydrogens is 346 g/mol. The molecule has 1 unspecified atom stereocenters. The fourth-order valence-electron chi connectivity index (χ4n) is 2.68. The smallest absolute Gasteiger partial charge is 0.131 e. The van der Waals surface area contributed by atoms with E-state index in [1.807, 2.05) is 12.1 Å². The molecule has 0 amide bonds. The van der Waals surface area contributed by atoms with Crippen LogP contribution < -0.4 is 15.4 Å². The predicted octanol–water partition coefficient (Wildman–Crippen LogP) is 2.98. The number of hydrogen-bond donors (Lipinski definition) is 3. The van der Waals surface area contributed by atoms with E-state index >= 15 is 0 Å². The Morgan fingerprint density at radius 3 is 2.91 bits per heavy atom. The van der Waals surface area contributed by atoms with Gasteiger partial charge in [-0.05, 0) is 31.4 Å². The third-order valence-corrected chi connectivity index (χ3v) is 4.55. The Labute approximate surface area is 139 Å². The lowest BCUT2D eigenvalue weighted by molar-refractivity contribution is 0.0343. The number of ether oxygens (including phenoxy) is 2. The van der Waals surface area contributed by atoms with Crippen LogP contribution in [0.25, 0.3) is 0 Å². The SMILES string of the molecule is N=Cc1c(NC2CCCCO2)cc(Br)cc1OCC1CNC1. The highest BCUT2D eigenvalue weighted by Gasteiger charge is 2.20. The maximum Gasteiger partial charge on any atom is 0.131 e. The number of nitrogens with one attached hydrogen (secondary N) is 3. The van der Waals surface area contributed by atoms with Crippen LogP contribution in [0.2, 0.25) is 0 Å². The van der Waals surface area contributed by atoms with Crippen molar-refractivity contribution in [3.63, 3.8) is 0 Å². The van der Waals surface area contributed by atoms with Crippen LogP contribution in [0.4, 0.5) is 5.69 Å². The molecule has 0 saturated carbocycles. The number of hydrogen-bond acceptors (Lipinski definition) is 5. The first-order chi connectivity index (χ1) is 10.8. The molecule has 0 radical (unpaired) electrons. The van der Waals surface area contributed by atoms with Gasteiger partial charge in [-0.25, -0.2) is 0 Å². The maximum atomic E-state index is 7.74. The summed E-state index contributed by atoms with van der Waals surface area (Å²) in [6.45, 7) is 3.50. The topological polar surface area (TPSA) is 66.4 Å². The van der Waals surface area contributed by atoms with Gasteiger partial charge in [0.15, 0.2) is 0 Å². The largest absolute Gasteiger partial charge is 0.492 e. The molecule has 2 aliphatic rings. The summed E-state index contributed by atoms with van der Waals surface area (Å²) in [6, 6.07) is 3.91. The van der Waals surface area contributed by atoms with Crippen molar-refractivity contribution in [3.8, 4) is 5.75 Å². The highest BCUT2D eigenvalue weighted by atomic mass is 79.9. The minimum atomic E-state index is 0.0189. The lowest BCUT2D eigenvalue weighted by Crippen LogP contribution is -2.45. The maximum absolute atomic E-state index is 7.74. The van der Waals surface area contributed by atoms with E-state index < -0.39 is 0 Å². The Morgan fingerprint density at radius 2 is 2.27 bits per heavy atom. The zero-order valence-corrected chi connectivity index (χ0v) is 14.1. The molecular formula is C16H22BrN3O2. The highest BCUT2D eigenvalue weighted by molar-refractivity contribution is 9.10. The van der Waals surface area contributed by atoms with Crippen molar-refractivity contribution in [2.24, 2.45) is 5.92 Å². The average molecular weight is 368 g/mol. The van der Waals surface area contributed by atoms with Gasteiger partial charge in [-0.15, -0.1) is 0 Å². The second-order valence-electron chi connectivity index (χ2n) is 5.84. The molecule has 0 aliphatic carbocycles. The summed E-state index contributed by atoms with van der Waals surface area (Å²) >= 11 is 3.53. The van der Waals surface area contributed by atoms with E-state index in [-0.39, 0.29) is 6.23 Å². The Balaban J connectivity index is 1.74. The van der Waals surface area contributed by atoms with Crippen molar-refractivity contribution >= 4 is 27.8 Å². The molecule has 1 atom stereocenters. The number of halogens is 1. The van der Waals surface area contributed by atoms with Crippen molar-refractivity contribution in [2.75, 3.05) is 31.6 Å². The van der Waals surface area contributed by atoms with Crippen molar-refractivity contribution in [3.05, 3.63) is 22.2 Å². The van der Waals surface area contributed by atoms with E-state index in [9.17, 15) is 0 Å². The second kappa shape index (κ2) is 7.44. The zero-order chi connectivity index (χ0) is 15.4. The Bertz CT molecular complexity index is 528. The normalized spacial score (nSPS) is 22.0. The Morgan fingerprint density at radius 1 is 1.41 bits per heavy atom. The fraction of sp³-hybridized carbons (Fsp3) is 0.562. The van der Waals surface area contributed by atoms with E-state index in [0.29, 0.717) is 12.5 Å². The van der Waals surface area contributed by atoms with Gasteiger partial charge in [-0.3, -0.25) is 0 Å². The van der Waals surface area contributed by atoms with Crippen molar-refractivity contribution in [1.29, 1.82) is 5.41 Å². The first kappa shape index (κ1) is 15.8. The predicted molar refractivity (Wildman–Crippen MR) is 91.1 cm³/mol. The van der Waals surface area contributed by atoms with Gasteiger partial charge >= 0.3 is 0 Å². The van der Waals surface area contributed by atoms with E-state index in [1.54, 1.807) is 0 Å². The Kier molecular flexibility index (Phi) is 5.33. The molecule has 2 heterocycles. The lowest BCUT2D eigenvalue weighted by atomic mass is 10.1. The molecule has 6 heteroatoms. The summed E-state index contributed by atoms with van der Waals surface area (Å²) < 4.78 is 12.6. The van der Waals surface area contributed by atoms with Gasteiger partial charge < -0.3 is 25.5 Å². The lowest BCUT2D eigenvalue weighted by Gasteiger charge is -2.28. The molecule has 2 aliphatic heterocycles. The fourth-order valence-corrected chi connectivity index (χ4v) is 3.12. The summed E-state index contributed by atoms with van der Waals surface area (Å²) in [5, 5.41) is 14.4. The van der Waals surface area contributed by atoms with Gasteiger partial charge in [0, 0.05) is 42.0 Å².